The number of aromatic nitrogens is 2. The Balaban J connectivity index is 2.67. The van der Waals surface area contributed by atoms with Crippen molar-refractivity contribution in [1.82, 2.24) is 10.1 Å². The second kappa shape index (κ2) is 2.70. The number of aryl methyl sites for hydroxylation is 1. The van der Waals surface area contributed by atoms with Crippen molar-refractivity contribution in [3.05, 3.63) is 40.4 Å². The van der Waals surface area contributed by atoms with Gasteiger partial charge in [-0.3, -0.25) is 4.79 Å². The molecule has 0 atom stereocenters. The maximum atomic E-state index is 11.6. The molecule has 15 heavy (non-hydrogen) atoms. The molecule has 3 aromatic rings. The van der Waals surface area contributed by atoms with Crippen LogP contribution in [0.25, 0.3) is 21.8 Å². The molecule has 1 aromatic carbocycles. The zero-order valence-electron chi connectivity index (χ0n) is 8.07. The summed E-state index contributed by atoms with van der Waals surface area (Å²) < 4.78 is 4.82. The van der Waals surface area contributed by atoms with Gasteiger partial charge in [0, 0.05) is 10.9 Å². The number of fused-ring (bicyclic) bond motifs is 3. The van der Waals surface area contributed by atoms with Crippen LogP contribution in [0.2, 0.25) is 0 Å². The van der Waals surface area contributed by atoms with Crippen molar-refractivity contribution >= 4 is 21.8 Å². The maximum Gasteiger partial charge on any atom is 0.278 e. The van der Waals surface area contributed by atoms with Crippen LogP contribution in [0.1, 0.15) is 5.56 Å². The number of rotatable bonds is 0. The van der Waals surface area contributed by atoms with Crippen molar-refractivity contribution in [2.24, 2.45) is 0 Å². The molecule has 0 saturated carbocycles. The van der Waals surface area contributed by atoms with Gasteiger partial charge in [-0.05, 0) is 19.1 Å². The van der Waals surface area contributed by atoms with E-state index >= 15 is 0 Å². The van der Waals surface area contributed by atoms with Crippen molar-refractivity contribution in [3.63, 3.8) is 0 Å². The molecular formula is C11H8N2O2. The minimum absolute atomic E-state index is 0.213. The van der Waals surface area contributed by atoms with E-state index < -0.39 is 0 Å². The Kier molecular flexibility index (Phi) is 1.48. The first-order chi connectivity index (χ1) is 7.25. The molecule has 0 aliphatic rings. The van der Waals surface area contributed by atoms with Crippen molar-refractivity contribution in [2.45, 2.75) is 6.92 Å². The summed E-state index contributed by atoms with van der Waals surface area (Å²) in [5.74, 6) is 0. The number of H-pyrrole nitrogens is 1. The average molecular weight is 200 g/mol. The first-order valence-electron chi connectivity index (χ1n) is 4.62. The number of aromatic amines is 1. The van der Waals surface area contributed by atoms with Crippen LogP contribution in [0.4, 0.5) is 0 Å². The molecule has 0 spiro atoms. The first kappa shape index (κ1) is 8.23. The summed E-state index contributed by atoms with van der Waals surface area (Å²) in [6.45, 7) is 2.00. The highest BCUT2D eigenvalue weighted by Gasteiger charge is 2.08. The maximum absolute atomic E-state index is 11.6. The van der Waals surface area contributed by atoms with Gasteiger partial charge in [-0.1, -0.05) is 16.8 Å². The SMILES string of the molecule is Cc1ccc2[nH]c(=O)c3nocc3c2c1. The molecule has 0 radical (unpaired) electrons. The van der Waals surface area contributed by atoms with Gasteiger partial charge in [0.1, 0.15) is 6.26 Å². The molecule has 2 aromatic heterocycles. The molecule has 0 aliphatic carbocycles. The second-order valence-electron chi connectivity index (χ2n) is 3.58. The number of nitrogens with zero attached hydrogens (tertiary/aromatic N) is 1. The van der Waals surface area contributed by atoms with Crippen LogP contribution in [-0.4, -0.2) is 10.1 Å². The average Bonchev–Trinajstić information content (AvgIpc) is 2.69. The molecule has 0 amide bonds. The molecule has 0 unspecified atom stereocenters. The Morgan fingerprint density at radius 1 is 1.33 bits per heavy atom. The smallest absolute Gasteiger partial charge is 0.278 e. The summed E-state index contributed by atoms with van der Waals surface area (Å²) in [6, 6.07) is 5.85. The fourth-order valence-electron chi connectivity index (χ4n) is 1.76. The fraction of sp³-hybridized carbons (Fsp3) is 0.0909. The van der Waals surface area contributed by atoms with E-state index in [0.717, 1.165) is 21.9 Å². The highest BCUT2D eigenvalue weighted by molar-refractivity contribution is 6.03. The van der Waals surface area contributed by atoms with E-state index in [4.69, 9.17) is 4.52 Å². The normalized spacial score (nSPS) is 11.3. The summed E-state index contributed by atoms with van der Waals surface area (Å²) in [6.07, 6.45) is 1.51. The number of pyridine rings is 1. The third kappa shape index (κ3) is 1.08. The lowest BCUT2D eigenvalue weighted by Crippen LogP contribution is -2.05. The van der Waals surface area contributed by atoms with Crippen LogP contribution < -0.4 is 5.56 Å². The van der Waals surface area contributed by atoms with Gasteiger partial charge in [-0.15, -0.1) is 0 Å². The molecule has 74 valence electrons. The molecule has 0 aliphatic heterocycles. The second-order valence-corrected chi connectivity index (χ2v) is 3.58. The highest BCUT2D eigenvalue weighted by atomic mass is 16.5. The Morgan fingerprint density at radius 2 is 2.20 bits per heavy atom. The monoisotopic (exact) mass is 200 g/mol. The Bertz CT molecular complexity index is 709. The van der Waals surface area contributed by atoms with Gasteiger partial charge in [-0.25, -0.2) is 0 Å². The lowest BCUT2D eigenvalue weighted by Gasteiger charge is -1.99. The number of hydrogen-bond donors (Lipinski definition) is 1. The van der Waals surface area contributed by atoms with Gasteiger partial charge in [0.15, 0.2) is 5.52 Å². The van der Waals surface area contributed by atoms with E-state index in [1.165, 1.54) is 6.26 Å². The molecule has 0 bridgehead atoms. The van der Waals surface area contributed by atoms with Crippen molar-refractivity contribution < 1.29 is 4.52 Å². The predicted octanol–water partition coefficient (Wildman–Crippen LogP) is 1.98. The molecular weight excluding hydrogens is 192 g/mol. The predicted molar refractivity (Wildman–Crippen MR) is 56.9 cm³/mol. The number of nitrogens with one attached hydrogen (secondary N) is 1. The standard InChI is InChI=1S/C11H8N2O2/c1-6-2-3-9-7(4-6)8-5-15-13-10(8)11(14)12-9/h2-5H,1H3,(H,12,14). The van der Waals surface area contributed by atoms with Crippen LogP contribution in [0, 0.1) is 6.92 Å². The molecule has 4 heteroatoms. The summed E-state index contributed by atoms with van der Waals surface area (Å²) in [7, 11) is 0. The number of benzene rings is 1. The third-order valence-corrected chi connectivity index (χ3v) is 2.50. The van der Waals surface area contributed by atoms with E-state index in [1.54, 1.807) is 0 Å². The van der Waals surface area contributed by atoms with Crippen LogP contribution in [-0.2, 0) is 0 Å². The quantitative estimate of drug-likeness (QED) is 0.603. The van der Waals surface area contributed by atoms with E-state index in [-0.39, 0.29) is 5.56 Å². The van der Waals surface area contributed by atoms with Gasteiger partial charge < -0.3 is 9.51 Å². The zero-order chi connectivity index (χ0) is 10.4. The topological polar surface area (TPSA) is 58.9 Å². The van der Waals surface area contributed by atoms with Crippen LogP contribution in [0.3, 0.4) is 0 Å². The minimum Gasteiger partial charge on any atom is -0.363 e. The van der Waals surface area contributed by atoms with Gasteiger partial charge in [0.25, 0.3) is 5.56 Å². The van der Waals surface area contributed by atoms with E-state index in [1.807, 2.05) is 25.1 Å². The van der Waals surface area contributed by atoms with Gasteiger partial charge >= 0.3 is 0 Å². The number of hydrogen-bond acceptors (Lipinski definition) is 3. The molecule has 0 saturated heterocycles. The van der Waals surface area contributed by atoms with Crippen LogP contribution >= 0.6 is 0 Å². The lowest BCUT2D eigenvalue weighted by atomic mass is 10.1. The van der Waals surface area contributed by atoms with Crippen molar-refractivity contribution in [2.75, 3.05) is 0 Å². The van der Waals surface area contributed by atoms with Gasteiger partial charge in [0.2, 0.25) is 0 Å². The van der Waals surface area contributed by atoms with Gasteiger partial charge in [0.05, 0.1) is 5.39 Å². The first-order valence-corrected chi connectivity index (χ1v) is 4.62. The Morgan fingerprint density at radius 3 is 3.07 bits per heavy atom. The molecule has 1 N–H and O–H groups in total. The largest absolute Gasteiger partial charge is 0.363 e. The zero-order valence-corrected chi connectivity index (χ0v) is 8.07. The summed E-state index contributed by atoms with van der Waals surface area (Å²) in [5.41, 5.74) is 2.08. The van der Waals surface area contributed by atoms with Crippen LogP contribution in [0.15, 0.2) is 33.8 Å². The van der Waals surface area contributed by atoms with E-state index in [2.05, 4.69) is 10.1 Å². The van der Waals surface area contributed by atoms with Gasteiger partial charge in [-0.2, -0.15) is 0 Å². The Hall–Kier alpha value is -2.10. The lowest BCUT2D eigenvalue weighted by molar-refractivity contribution is 0.428. The molecule has 4 nitrogen and oxygen atoms in total. The third-order valence-electron chi connectivity index (χ3n) is 2.50. The molecule has 2 heterocycles. The van der Waals surface area contributed by atoms with Crippen molar-refractivity contribution in [3.8, 4) is 0 Å². The van der Waals surface area contributed by atoms with E-state index in [9.17, 15) is 4.79 Å². The molecule has 0 fully saturated rings. The Labute approximate surface area is 84.5 Å². The summed E-state index contributed by atoms with van der Waals surface area (Å²) in [5, 5.41) is 5.40. The van der Waals surface area contributed by atoms with Crippen molar-refractivity contribution in [1.29, 1.82) is 0 Å². The molecule has 3 rings (SSSR count). The van der Waals surface area contributed by atoms with Crippen LogP contribution in [0.5, 0.6) is 0 Å². The van der Waals surface area contributed by atoms with E-state index in [0.29, 0.717) is 5.52 Å². The summed E-state index contributed by atoms with van der Waals surface area (Å²) >= 11 is 0. The fourth-order valence-corrected chi connectivity index (χ4v) is 1.76. The summed E-state index contributed by atoms with van der Waals surface area (Å²) in [4.78, 5) is 14.3. The highest BCUT2D eigenvalue weighted by Crippen LogP contribution is 2.21. The minimum atomic E-state index is -0.213.